The van der Waals surface area contributed by atoms with Gasteiger partial charge in [0.15, 0.2) is 5.96 Å². The highest BCUT2D eigenvalue weighted by molar-refractivity contribution is 7.09. The zero-order valence-corrected chi connectivity index (χ0v) is 16.3. The molecule has 0 saturated carbocycles. The Morgan fingerprint density at radius 1 is 1.50 bits per heavy atom. The molecule has 2 aromatic rings. The molecular weight excluding hydrogens is 350 g/mol. The van der Waals surface area contributed by atoms with Crippen LogP contribution in [0.5, 0.6) is 0 Å². The summed E-state index contributed by atoms with van der Waals surface area (Å²) in [5, 5.41) is 6.28. The number of aliphatic imine (C=N–C) groups is 1. The van der Waals surface area contributed by atoms with Crippen LogP contribution in [-0.4, -0.2) is 43.0 Å². The van der Waals surface area contributed by atoms with Crippen LogP contribution in [0.15, 0.2) is 34.6 Å². The van der Waals surface area contributed by atoms with Crippen LogP contribution in [0.4, 0.5) is 0 Å². The quantitative estimate of drug-likeness (QED) is 0.571. The molecule has 0 spiro atoms. The van der Waals surface area contributed by atoms with Crippen LogP contribution in [0.1, 0.15) is 39.7 Å². The lowest BCUT2D eigenvalue weighted by Crippen LogP contribution is -2.38. The van der Waals surface area contributed by atoms with Crippen LogP contribution in [0.25, 0.3) is 0 Å². The third kappa shape index (κ3) is 5.27. The molecule has 1 amide bonds. The smallest absolute Gasteiger partial charge is 0.248 e. The number of rotatable bonds is 7. The average molecular weight is 375 g/mol. The van der Waals surface area contributed by atoms with Crippen molar-refractivity contribution in [2.75, 3.05) is 21.2 Å². The van der Waals surface area contributed by atoms with Crippen molar-refractivity contribution in [3.8, 4) is 0 Å². The van der Waals surface area contributed by atoms with Gasteiger partial charge in [0.05, 0.1) is 12.2 Å². The third-order valence-corrected chi connectivity index (χ3v) is 4.96. The molecule has 1 unspecified atom stereocenters. The van der Waals surface area contributed by atoms with Crippen LogP contribution in [0, 0.1) is 0 Å². The zero-order chi connectivity index (χ0) is 19.1. The SMILES string of the molecule is CN=C(NCc1cccc(C(N)=O)c1)N(C)Cc1csc(C(C)OC)n1. The van der Waals surface area contributed by atoms with Crippen molar-refractivity contribution < 1.29 is 9.53 Å². The summed E-state index contributed by atoms with van der Waals surface area (Å²) in [4.78, 5) is 22.2. The maximum absolute atomic E-state index is 11.3. The summed E-state index contributed by atoms with van der Waals surface area (Å²) >= 11 is 1.59. The minimum Gasteiger partial charge on any atom is -0.375 e. The van der Waals surface area contributed by atoms with E-state index < -0.39 is 5.91 Å². The normalized spacial score (nSPS) is 12.7. The number of hydrogen-bond donors (Lipinski definition) is 2. The van der Waals surface area contributed by atoms with Gasteiger partial charge in [-0.3, -0.25) is 9.79 Å². The van der Waals surface area contributed by atoms with Gasteiger partial charge in [0.25, 0.3) is 0 Å². The highest BCUT2D eigenvalue weighted by Gasteiger charge is 2.13. The molecule has 0 fully saturated rings. The van der Waals surface area contributed by atoms with Crippen molar-refractivity contribution in [2.24, 2.45) is 10.7 Å². The Bertz CT molecular complexity index is 774. The van der Waals surface area contributed by atoms with Crippen molar-refractivity contribution in [3.05, 3.63) is 51.5 Å². The number of methoxy groups -OCH3 is 1. The topological polar surface area (TPSA) is 92.8 Å². The number of carbonyl (C=O) groups excluding carboxylic acids is 1. The van der Waals surface area contributed by atoms with E-state index in [9.17, 15) is 4.79 Å². The number of nitrogens with two attached hydrogens (primary N) is 1. The summed E-state index contributed by atoms with van der Waals surface area (Å²) in [6.45, 7) is 3.15. The monoisotopic (exact) mass is 375 g/mol. The minimum atomic E-state index is -0.432. The Balaban J connectivity index is 1.96. The molecule has 2 rings (SSSR count). The number of primary amides is 1. The van der Waals surface area contributed by atoms with E-state index in [4.69, 9.17) is 10.5 Å². The second-order valence-electron chi connectivity index (χ2n) is 5.88. The predicted molar refractivity (Wildman–Crippen MR) is 104 cm³/mol. The first-order valence-corrected chi connectivity index (χ1v) is 9.10. The fraction of sp³-hybridized carbons (Fsp3) is 0.389. The molecule has 1 heterocycles. The molecule has 0 saturated heterocycles. The second kappa shape index (κ2) is 9.30. The first-order chi connectivity index (χ1) is 12.4. The number of amides is 1. The largest absolute Gasteiger partial charge is 0.375 e. The van der Waals surface area contributed by atoms with E-state index in [0.717, 1.165) is 22.2 Å². The van der Waals surface area contributed by atoms with Gasteiger partial charge in [-0.05, 0) is 24.6 Å². The van der Waals surface area contributed by atoms with Gasteiger partial charge in [-0.1, -0.05) is 12.1 Å². The molecule has 1 aromatic carbocycles. The van der Waals surface area contributed by atoms with Crippen molar-refractivity contribution >= 4 is 23.2 Å². The average Bonchev–Trinajstić information content (AvgIpc) is 3.10. The second-order valence-corrected chi connectivity index (χ2v) is 6.77. The molecule has 0 aliphatic rings. The minimum absolute atomic E-state index is 0.00553. The summed E-state index contributed by atoms with van der Waals surface area (Å²) < 4.78 is 5.30. The van der Waals surface area contributed by atoms with Crippen LogP contribution in [0.3, 0.4) is 0 Å². The summed E-state index contributed by atoms with van der Waals surface area (Å²) in [5.41, 5.74) is 7.75. The number of thiazole rings is 1. The fourth-order valence-corrected chi connectivity index (χ4v) is 3.24. The maximum atomic E-state index is 11.3. The van der Waals surface area contributed by atoms with E-state index in [1.807, 2.05) is 36.4 Å². The molecule has 0 bridgehead atoms. The standard InChI is InChI=1S/C18H25N5O2S/c1-12(25-4)17-22-15(11-26-17)10-23(3)18(20-2)21-9-13-6-5-7-14(8-13)16(19)24/h5-8,11-12H,9-10H2,1-4H3,(H2,19,24)(H,20,21). The molecule has 0 radical (unpaired) electrons. The molecule has 140 valence electrons. The molecule has 7 nitrogen and oxygen atoms in total. The number of ether oxygens (including phenoxy) is 1. The first-order valence-electron chi connectivity index (χ1n) is 8.22. The molecule has 0 aliphatic heterocycles. The first kappa shape index (κ1) is 19.9. The van der Waals surface area contributed by atoms with E-state index >= 15 is 0 Å². The number of guanidine groups is 1. The van der Waals surface area contributed by atoms with E-state index in [1.165, 1.54) is 0 Å². The molecule has 0 aliphatic carbocycles. The lowest BCUT2D eigenvalue weighted by atomic mass is 10.1. The van der Waals surface area contributed by atoms with E-state index in [0.29, 0.717) is 18.7 Å². The highest BCUT2D eigenvalue weighted by Crippen LogP contribution is 2.20. The highest BCUT2D eigenvalue weighted by atomic mass is 32.1. The number of nitrogens with one attached hydrogen (secondary N) is 1. The Morgan fingerprint density at radius 2 is 2.27 bits per heavy atom. The van der Waals surface area contributed by atoms with Gasteiger partial charge in [0.2, 0.25) is 5.91 Å². The molecule has 3 N–H and O–H groups in total. The molecule has 8 heteroatoms. The molecule has 1 aromatic heterocycles. The van der Waals surface area contributed by atoms with Gasteiger partial charge in [0.1, 0.15) is 11.1 Å². The van der Waals surface area contributed by atoms with Gasteiger partial charge in [-0.25, -0.2) is 4.98 Å². The van der Waals surface area contributed by atoms with E-state index in [1.54, 1.807) is 37.6 Å². The van der Waals surface area contributed by atoms with Gasteiger partial charge in [0, 0.05) is 38.7 Å². The van der Waals surface area contributed by atoms with Crippen LogP contribution < -0.4 is 11.1 Å². The van der Waals surface area contributed by atoms with Crippen molar-refractivity contribution in [3.63, 3.8) is 0 Å². The van der Waals surface area contributed by atoms with Crippen molar-refractivity contribution in [1.29, 1.82) is 0 Å². The third-order valence-electron chi connectivity index (χ3n) is 3.91. The Hall–Kier alpha value is -2.45. The summed E-state index contributed by atoms with van der Waals surface area (Å²) in [6, 6.07) is 7.23. The van der Waals surface area contributed by atoms with Gasteiger partial charge in [-0.15, -0.1) is 11.3 Å². The number of aromatic nitrogens is 1. The molecule has 1 atom stereocenters. The summed E-state index contributed by atoms with van der Waals surface area (Å²) in [6.07, 6.45) is -0.00553. The summed E-state index contributed by atoms with van der Waals surface area (Å²) in [5.74, 6) is 0.307. The van der Waals surface area contributed by atoms with Gasteiger partial charge >= 0.3 is 0 Å². The fourth-order valence-electron chi connectivity index (χ4n) is 2.40. The maximum Gasteiger partial charge on any atom is 0.248 e. The van der Waals surface area contributed by atoms with Crippen molar-refractivity contribution in [2.45, 2.75) is 26.1 Å². The molecule has 26 heavy (non-hydrogen) atoms. The number of carbonyl (C=O) groups is 1. The van der Waals surface area contributed by atoms with Gasteiger partial charge in [-0.2, -0.15) is 0 Å². The number of nitrogens with zero attached hydrogens (tertiary/aromatic N) is 3. The van der Waals surface area contributed by atoms with Crippen LogP contribution in [0.2, 0.25) is 0 Å². The van der Waals surface area contributed by atoms with E-state index in [-0.39, 0.29) is 6.10 Å². The van der Waals surface area contributed by atoms with E-state index in [2.05, 4.69) is 15.3 Å². The lowest BCUT2D eigenvalue weighted by molar-refractivity contribution is 0.1000. The Labute approximate surface area is 157 Å². The number of hydrogen-bond acceptors (Lipinski definition) is 5. The zero-order valence-electron chi connectivity index (χ0n) is 15.5. The van der Waals surface area contributed by atoms with Gasteiger partial charge < -0.3 is 20.7 Å². The number of benzene rings is 1. The lowest BCUT2D eigenvalue weighted by Gasteiger charge is -2.21. The molecular formula is C18H25N5O2S. The Morgan fingerprint density at radius 3 is 2.92 bits per heavy atom. The predicted octanol–water partition coefficient (Wildman–Crippen LogP) is 2.16. The van der Waals surface area contributed by atoms with Crippen molar-refractivity contribution in [1.82, 2.24) is 15.2 Å². The van der Waals surface area contributed by atoms with Crippen LogP contribution >= 0.6 is 11.3 Å². The van der Waals surface area contributed by atoms with Crippen LogP contribution in [-0.2, 0) is 17.8 Å². The summed E-state index contributed by atoms with van der Waals surface area (Å²) in [7, 11) is 5.36. The Kier molecular flexibility index (Phi) is 7.11.